The van der Waals surface area contributed by atoms with Gasteiger partial charge in [0.15, 0.2) is 5.65 Å². The zero-order valence-electron chi connectivity index (χ0n) is 19.4. The summed E-state index contributed by atoms with van der Waals surface area (Å²) in [6, 6.07) is 15.0. The molecule has 3 heterocycles. The van der Waals surface area contributed by atoms with Crippen molar-refractivity contribution in [2.45, 2.75) is 6.92 Å². The number of carbonyl (C=O) groups is 1. The van der Waals surface area contributed by atoms with Crippen LogP contribution in [-0.4, -0.2) is 71.0 Å². The summed E-state index contributed by atoms with van der Waals surface area (Å²) in [7, 11) is 3.24. The first-order chi connectivity index (χ1) is 16.6. The highest BCUT2D eigenvalue weighted by Crippen LogP contribution is 2.27. The lowest BCUT2D eigenvalue weighted by Gasteiger charge is -2.35. The fourth-order valence-electron chi connectivity index (χ4n) is 4.21. The molecule has 1 amide bonds. The summed E-state index contributed by atoms with van der Waals surface area (Å²) in [5, 5.41) is 5.47. The first kappa shape index (κ1) is 21.7. The van der Waals surface area contributed by atoms with Crippen LogP contribution in [0.25, 0.3) is 16.7 Å². The molecule has 2 aromatic heterocycles. The number of ether oxygens (including phenoxy) is 2. The van der Waals surface area contributed by atoms with E-state index >= 15 is 0 Å². The van der Waals surface area contributed by atoms with Crippen LogP contribution >= 0.6 is 0 Å². The zero-order valence-corrected chi connectivity index (χ0v) is 19.4. The highest BCUT2D eigenvalue weighted by Gasteiger charge is 2.25. The van der Waals surface area contributed by atoms with Gasteiger partial charge in [-0.15, -0.1) is 0 Å². The second-order valence-electron chi connectivity index (χ2n) is 8.10. The molecule has 34 heavy (non-hydrogen) atoms. The van der Waals surface area contributed by atoms with Gasteiger partial charge in [0.05, 0.1) is 31.5 Å². The van der Waals surface area contributed by atoms with E-state index in [0.717, 1.165) is 28.3 Å². The van der Waals surface area contributed by atoms with Crippen LogP contribution in [0.4, 0.5) is 5.82 Å². The minimum absolute atomic E-state index is 0.00916. The molecule has 0 aliphatic carbocycles. The Bertz CT molecular complexity index is 1330. The Labute approximate surface area is 197 Å². The lowest BCUT2D eigenvalue weighted by molar-refractivity contribution is 0.0746. The Balaban J connectivity index is 1.38. The van der Waals surface area contributed by atoms with Crippen molar-refractivity contribution in [2.24, 2.45) is 0 Å². The highest BCUT2D eigenvalue weighted by atomic mass is 16.5. The maximum atomic E-state index is 13.0. The molecular weight excluding hydrogens is 432 g/mol. The van der Waals surface area contributed by atoms with Crippen LogP contribution < -0.4 is 14.4 Å². The Kier molecular flexibility index (Phi) is 5.75. The van der Waals surface area contributed by atoms with Crippen LogP contribution in [0.1, 0.15) is 16.2 Å². The van der Waals surface area contributed by atoms with Gasteiger partial charge in [-0.2, -0.15) is 5.10 Å². The number of carbonyl (C=O) groups excluding carboxylic acids is 1. The van der Waals surface area contributed by atoms with E-state index in [4.69, 9.17) is 14.5 Å². The number of hydrogen-bond acceptors (Lipinski definition) is 7. The molecule has 1 aliphatic rings. The Morgan fingerprint density at radius 3 is 2.35 bits per heavy atom. The molecule has 1 saturated heterocycles. The van der Waals surface area contributed by atoms with Gasteiger partial charge in [0.25, 0.3) is 5.91 Å². The van der Waals surface area contributed by atoms with Crippen molar-refractivity contribution in [1.29, 1.82) is 0 Å². The van der Waals surface area contributed by atoms with Crippen molar-refractivity contribution in [1.82, 2.24) is 24.6 Å². The maximum Gasteiger partial charge on any atom is 0.254 e. The van der Waals surface area contributed by atoms with Gasteiger partial charge in [-0.25, -0.2) is 14.6 Å². The lowest BCUT2D eigenvalue weighted by Crippen LogP contribution is -2.49. The number of rotatable bonds is 5. The molecule has 0 unspecified atom stereocenters. The highest BCUT2D eigenvalue weighted by molar-refractivity contribution is 5.95. The number of benzene rings is 2. The number of aromatic nitrogens is 4. The van der Waals surface area contributed by atoms with Crippen molar-refractivity contribution in [3.8, 4) is 17.2 Å². The number of methoxy groups -OCH3 is 2. The van der Waals surface area contributed by atoms with E-state index in [1.165, 1.54) is 0 Å². The van der Waals surface area contributed by atoms with Crippen molar-refractivity contribution in [3.63, 3.8) is 0 Å². The van der Waals surface area contributed by atoms with Crippen molar-refractivity contribution in [3.05, 3.63) is 66.1 Å². The summed E-state index contributed by atoms with van der Waals surface area (Å²) in [6.45, 7) is 4.45. The predicted molar refractivity (Wildman–Crippen MR) is 129 cm³/mol. The molecule has 1 fully saturated rings. The molecule has 0 saturated carbocycles. The Hall–Kier alpha value is -4.14. The number of fused-ring (bicyclic) bond motifs is 1. The van der Waals surface area contributed by atoms with Crippen molar-refractivity contribution >= 4 is 22.8 Å². The molecule has 9 heteroatoms. The van der Waals surface area contributed by atoms with Crippen LogP contribution in [0, 0.1) is 6.92 Å². The largest absolute Gasteiger partial charge is 0.497 e. The number of aryl methyl sites for hydroxylation is 1. The molecule has 0 atom stereocenters. The van der Waals surface area contributed by atoms with Crippen LogP contribution in [0.5, 0.6) is 11.5 Å². The van der Waals surface area contributed by atoms with Gasteiger partial charge in [-0.3, -0.25) is 4.79 Å². The van der Waals surface area contributed by atoms with Crippen LogP contribution in [-0.2, 0) is 0 Å². The molecule has 1 aliphatic heterocycles. The van der Waals surface area contributed by atoms with Gasteiger partial charge < -0.3 is 19.3 Å². The third-order valence-electron chi connectivity index (χ3n) is 6.02. The molecule has 9 nitrogen and oxygen atoms in total. The van der Waals surface area contributed by atoms with E-state index in [2.05, 4.69) is 15.0 Å². The summed E-state index contributed by atoms with van der Waals surface area (Å²) < 4.78 is 12.3. The van der Waals surface area contributed by atoms with E-state index in [-0.39, 0.29) is 5.91 Å². The van der Waals surface area contributed by atoms with Gasteiger partial charge in [0.1, 0.15) is 23.1 Å². The Morgan fingerprint density at radius 1 is 0.912 bits per heavy atom. The molecule has 0 bridgehead atoms. The summed E-state index contributed by atoms with van der Waals surface area (Å²) in [5.41, 5.74) is 2.28. The summed E-state index contributed by atoms with van der Waals surface area (Å²) in [5.74, 6) is 2.99. The van der Waals surface area contributed by atoms with Crippen LogP contribution in [0.3, 0.4) is 0 Å². The smallest absolute Gasteiger partial charge is 0.254 e. The second kappa shape index (κ2) is 9.01. The summed E-state index contributed by atoms with van der Waals surface area (Å²) in [6.07, 6.45) is 1.81. The number of piperazine rings is 1. The van der Waals surface area contributed by atoms with Gasteiger partial charge >= 0.3 is 0 Å². The van der Waals surface area contributed by atoms with Crippen LogP contribution in [0.2, 0.25) is 0 Å². The summed E-state index contributed by atoms with van der Waals surface area (Å²) >= 11 is 0. The SMILES string of the molecule is COc1ccc(-n2ncc3c(N4CCN(C(=O)c5cccc(OC)c5)CC4)nc(C)nc32)cc1. The van der Waals surface area contributed by atoms with Gasteiger partial charge in [0, 0.05) is 31.7 Å². The lowest BCUT2D eigenvalue weighted by atomic mass is 10.1. The Morgan fingerprint density at radius 2 is 1.65 bits per heavy atom. The number of amides is 1. The molecule has 5 rings (SSSR count). The molecule has 0 radical (unpaired) electrons. The predicted octanol–water partition coefficient (Wildman–Crippen LogP) is 3.10. The van der Waals surface area contributed by atoms with Gasteiger partial charge in [-0.1, -0.05) is 6.07 Å². The average molecular weight is 459 g/mol. The monoisotopic (exact) mass is 458 g/mol. The second-order valence-corrected chi connectivity index (χ2v) is 8.10. The van der Waals surface area contributed by atoms with Gasteiger partial charge in [0.2, 0.25) is 0 Å². The third kappa shape index (κ3) is 4.00. The average Bonchev–Trinajstić information content (AvgIpc) is 3.31. The standard InChI is InChI=1S/C25H26N6O3/c1-17-27-23(22-16-26-31(24(22)28-17)19-7-9-20(33-2)10-8-19)29-11-13-30(14-12-29)25(32)18-5-4-6-21(15-18)34-3/h4-10,15-16H,11-14H2,1-3H3. The van der Waals surface area contributed by atoms with Gasteiger partial charge in [-0.05, 0) is 49.4 Å². The fraction of sp³-hybridized carbons (Fsp3) is 0.280. The molecule has 2 aromatic carbocycles. The van der Waals surface area contributed by atoms with E-state index < -0.39 is 0 Å². The van der Waals surface area contributed by atoms with Crippen molar-refractivity contribution < 1.29 is 14.3 Å². The third-order valence-corrected chi connectivity index (χ3v) is 6.02. The van der Waals surface area contributed by atoms with E-state index in [0.29, 0.717) is 43.3 Å². The maximum absolute atomic E-state index is 13.0. The number of nitrogens with zero attached hydrogens (tertiary/aromatic N) is 6. The molecule has 4 aromatic rings. The molecule has 0 N–H and O–H groups in total. The van der Waals surface area contributed by atoms with E-state index in [9.17, 15) is 4.79 Å². The molecular formula is C25H26N6O3. The topological polar surface area (TPSA) is 85.6 Å². The number of hydrogen-bond donors (Lipinski definition) is 0. The fourth-order valence-corrected chi connectivity index (χ4v) is 4.21. The normalized spacial score (nSPS) is 13.9. The first-order valence-electron chi connectivity index (χ1n) is 11.1. The molecule has 174 valence electrons. The quantitative estimate of drug-likeness (QED) is 0.454. The minimum Gasteiger partial charge on any atom is -0.497 e. The first-order valence-corrected chi connectivity index (χ1v) is 11.1. The summed E-state index contributed by atoms with van der Waals surface area (Å²) in [4.78, 5) is 26.5. The van der Waals surface area contributed by atoms with E-state index in [1.54, 1.807) is 20.3 Å². The number of anilines is 1. The van der Waals surface area contributed by atoms with Crippen LogP contribution in [0.15, 0.2) is 54.7 Å². The zero-order chi connectivity index (χ0) is 23.7. The minimum atomic E-state index is 0.00916. The molecule has 0 spiro atoms. The van der Waals surface area contributed by atoms with E-state index in [1.807, 2.05) is 65.2 Å². The van der Waals surface area contributed by atoms with Crippen molar-refractivity contribution in [2.75, 3.05) is 45.3 Å².